The quantitative estimate of drug-likeness (QED) is 0.686. The SMILES string of the molecule is O=C(N1CCNCC1Cc1ccccc1)n1cc(-c2ccc(OC(F)(F)F)cc2)nn1. The van der Waals surface area contributed by atoms with E-state index >= 15 is 0 Å². The van der Waals surface area contributed by atoms with Gasteiger partial charge in [-0.3, -0.25) is 0 Å². The number of amides is 1. The fraction of sp³-hybridized carbons (Fsp3) is 0.286. The molecule has 1 N–H and O–H groups in total. The highest BCUT2D eigenvalue weighted by atomic mass is 19.4. The van der Waals surface area contributed by atoms with Crippen molar-refractivity contribution in [1.82, 2.24) is 25.2 Å². The van der Waals surface area contributed by atoms with E-state index in [9.17, 15) is 18.0 Å². The zero-order valence-electron chi connectivity index (χ0n) is 16.4. The Kier molecular flexibility index (Phi) is 5.90. The lowest BCUT2D eigenvalue weighted by Crippen LogP contribution is -2.55. The summed E-state index contributed by atoms with van der Waals surface area (Å²) in [6.07, 6.45) is -2.57. The lowest BCUT2D eigenvalue weighted by Gasteiger charge is -2.35. The van der Waals surface area contributed by atoms with Crippen LogP contribution in [0.1, 0.15) is 5.56 Å². The molecule has 0 spiro atoms. The maximum atomic E-state index is 13.1. The van der Waals surface area contributed by atoms with Crippen LogP contribution in [-0.2, 0) is 6.42 Å². The van der Waals surface area contributed by atoms with E-state index in [0.29, 0.717) is 37.3 Å². The van der Waals surface area contributed by atoms with Crippen LogP contribution < -0.4 is 10.1 Å². The molecule has 1 aromatic heterocycles. The summed E-state index contributed by atoms with van der Waals surface area (Å²) in [4.78, 5) is 14.8. The average molecular weight is 431 g/mol. The second-order valence-corrected chi connectivity index (χ2v) is 7.14. The fourth-order valence-corrected chi connectivity index (χ4v) is 3.53. The number of carbonyl (C=O) groups excluding carboxylic acids is 1. The van der Waals surface area contributed by atoms with Gasteiger partial charge in [0.25, 0.3) is 0 Å². The Morgan fingerprint density at radius 3 is 2.58 bits per heavy atom. The summed E-state index contributed by atoms with van der Waals surface area (Å²) >= 11 is 0. The molecule has 1 fully saturated rings. The van der Waals surface area contributed by atoms with Gasteiger partial charge in [-0.15, -0.1) is 18.3 Å². The predicted molar refractivity (Wildman–Crippen MR) is 106 cm³/mol. The molecule has 0 aliphatic carbocycles. The zero-order chi connectivity index (χ0) is 21.8. The van der Waals surface area contributed by atoms with E-state index in [1.807, 2.05) is 30.3 Å². The molecule has 4 rings (SSSR count). The van der Waals surface area contributed by atoms with Crippen molar-refractivity contribution in [3.63, 3.8) is 0 Å². The second kappa shape index (κ2) is 8.76. The lowest BCUT2D eigenvalue weighted by molar-refractivity contribution is -0.274. The van der Waals surface area contributed by atoms with Crippen molar-refractivity contribution in [3.8, 4) is 17.0 Å². The Labute approximate surface area is 176 Å². The lowest BCUT2D eigenvalue weighted by atomic mass is 10.0. The van der Waals surface area contributed by atoms with Gasteiger partial charge in [-0.2, -0.15) is 4.68 Å². The largest absolute Gasteiger partial charge is 0.573 e. The average Bonchev–Trinajstić information content (AvgIpc) is 3.24. The molecule has 1 amide bonds. The van der Waals surface area contributed by atoms with Gasteiger partial charge >= 0.3 is 12.4 Å². The molecule has 2 aromatic carbocycles. The number of benzene rings is 2. The van der Waals surface area contributed by atoms with Crippen LogP contribution >= 0.6 is 0 Å². The van der Waals surface area contributed by atoms with E-state index < -0.39 is 6.36 Å². The van der Waals surface area contributed by atoms with Crippen LogP contribution in [0.2, 0.25) is 0 Å². The van der Waals surface area contributed by atoms with Crippen molar-refractivity contribution in [1.29, 1.82) is 0 Å². The van der Waals surface area contributed by atoms with E-state index in [1.165, 1.54) is 35.1 Å². The molecule has 3 aromatic rings. The Bertz CT molecular complexity index is 1020. The topological polar surface area (TPSA) is 72.3 Å². The third-order valence-electron chi connectivity index (χ3n) is 4.98. The van der Waals surface area contributed by atoms with Crippen LogP contribution in [0.3, 0.4) is 0 Å². The molecule has 162 valence electrons. The van der Waals surface area contributed by atoms with Gasteiger partial charge < -0.3 is 15.0 Å². The van der Waals surface area contributed by atoms with Crippen LogP contribution in [0, 0.1) is 0 Å². The smallest absolute Gasteiger partial charge is 0.406 e. The normalized spacial score (nSPS) is 16.9. The Hall–Kier alpha value is -3.40. The molecular weight excluding hydrogens is 411 g/mol. The molecular formula is C21H20F3N5O2. The number of hydrogen-bond donors (Lipinski definition) is 1. The van der Waals surface area contributed by atoms with Crippen LogP contribution in [0.25, 0.3) is 11.3 Å². The zero-order valence-corrected chi connectivity index (χ0v) is 16.4. The summed E-state index contributed by atoms with van der Waals surface area (Å²) in [5.41, 5.74) is 2.03. The number of nitrogens with one attached hydrogen (secondary N) is 1. The third kappa shape index (κ3) is 5.21. The fourth-order valence-electron chi connectivity index (χ4n) is 3.53. The number of alkyl halides is 3. The number of piperazine rings is 1. The summed E-state index contributed by atoms with van der Waals surface area (Å²) in [7, 11) is 0. The number of ether oxygens (including phenoxy) is 1. The van der Waals surface area contributed by atoms with Gasteiger partial charge in [-0.05, 0) is 36.2 Å². The van der Waals surface area contributed by atoms with E-state index in [0.717, 1.165) is 5.56 Å². The molecule has 1 saturated heterocycles. The molecule has 31 heavy (non-hydrogen) atoms. The molecule has 1 aliphatic heterocycles. The highest BCUT2D eigenvalue weighted by Crippen LogP contribution is 2.25. The van der Waals surface area contributed by atoms with Crippen LogP contribution in [0.4, 0.5) is 18.0 Å². The van der Waals surface area contributed by atoms with Crippen molar-refractivity contribution < 1.29 is 22.7 Å². The first kappa shape index (κ1) is 20.9. The number of hydrogen-bond acceptors (Lipinski definition) is 5. The summed E-state index contributed by atoms with van der Waals surface area (Å²) < 4.78 is 42.0. The van der Waals surface area contributed by atoms with Crippen LogP contribution in [-0.4, -0.2) is 58.0 Å². The molecule has 1 atom stereocenters. The Morgan fingerprint density at radius 2 is 1.87 bits per heavy atom. The van der Waals surface area contributed by atoms with E-state index in [-0.39, 0.29) is 17.8 Å². The first-order chi connectivity index (χ1) is 14.9. The maximum Gasteiger partial charge on any atom is 0.573 e. The standard InChI is InChI=1S/C21H20F3N5O2/c22-21(23,24)31-18-8-6-16(7-9-18)19-14-29(27-26-19)20(30)28-11-10-25-13-17(28)12-15-4-2-1-3-5-15/h1-9,14,17,25H,10-13H2. The second-order valence-electron chi connectivity index (χ2n) is 7.14. The van der Waals surface area contributed by atoms with Gasteiger partial charge in [0.15, 0.2) is 0 Å². The van der Waals surface area contributed by atoms with Gasteiger partial charge in [0, 0.05) is 25.2 Å². The number of halogens is 3. The van der Waals surface area contributed by atoms with E-state index in [2.05, 4.69) is 20.4 Å². The number of aromatic nitrogens is 3. The molecule has 0 saturated carbocycles. The summed E-state index contributed by atoms with van der Waals surface area (Å²) in [5.74, 6) is -0.329. The highest BCUT2D eigenvalue weighted by molar-refractivity contribution is 5.77. The van der Waals surface area contributed by atoms with Crippen molar-refractivity contribution in [2.45, 2.75) is 18.8 Å². The van der Waals surface area contributed by atoms with Crippen molar-refractivity contribution >= 4 is 6.03 Å². The molecule has 10 heteroatoms. The molecule has 1 aliphatic rings. The van der Waals surface area contributed by atoms with Gasteiger partial charge in [-0.1, -0.05) is 35.5 Å². The maximum absolute atomic E-state index is 13.1. The predicted octanol–water partition coefficient (Wildman–Crippen LogP) is 3.33. The van der Waals surface area contributed by atoms with Crippen molar-refractivity contribution in [2.75, 3.05) is 19.6 Å². The highest BCUT2D eigenvalue weighted by Gasteiger charge is 2.31. The molecule has 0 bridgehead atoms. The van der Waals surface area contributed by atoms with Gasteiger partial charge in [0.05, 0.1) is 12.2 Å². The molecule has 7 nitrogen and oxygen atoms in total. The summed E-state index contributed by atoms with van der Waals surface area (Å²) in [5, 5.41) is 11.2. The van der Waals surface area contributed by atoms with Crippen molar-refractivity contribution in [3.05, 3.63) is 66.4 Å². The van der Waals surface area contributed by atoms with Crippen molar-refractivity contribution in [2.24, 2.45) is 0 Å². The van der Waals surface area contributed by atoms with Crippen LogP contribution in [0.15, 0.2) is 60.8 Å². The van der Waals surface area contributed by atoms with Crippen LogP contribution in [0.5, 0.6) is 5.75 Å². The van der Waals surface area contributed by atoms with Gasteiger partial charge in [0.2, 0.25) is 0 Å². The monoisotopic (exact) mass is 431 g/mol. The summed E-state index contributed by atoms with van der Waals surface area (Å²) in [6.45, 7) is 1.89. The first-order valence-electron chi connectivity index (χ1n) is 9.73. The number of carbonyl (C=O) groups is 1. The summed E-state index contributed by atoms with van der Waals surface area (Å²) in [6, 6.07) is 14.8. The Balaban J connectivity index is 1.48. The number of rotatable bonds is 4. The molecule has 2 heterocycles. The molecule has 1 unspecified atom stereocenters. The first-order valence-corrected chi connectivity index (χ1v) is 9.73. The van der Waals surface area contributed by atoms with E-state index in [4.69, 9.17) is 0 Å². The molecule has 0 radical (unpaired) electrons. The minimum atomic E-state index is -4.75. The van der Waals surface area contributed by atoms with E-state index in [1.54, 1.807) is 4.90 Å². The minimum Gasteiger partial charge on any atom is -0.406 e. The Morgan fingerprint density at radius 1 is 1.13 bits per heavy atom. The van der Waals surface area contributed by atoms with Gasteiger partial charge in [0.1, 0.15) is 11.4 Å². The minimum absolute atomic E-state index is 0.0323. The number of nitrogens with zero attached hydrogens (tertiary/aromatic N) is 4. The third-order valence-corrected chi connectivity index (χ3v) is 4.98. The van der Waals surface area contributed by atoms with Gasteiger partial charge in [-0.25, -0.2) is 4.79 Å².